The molecule has 0 aromatic carbocycles. The zero-order valence-electron chi connectivity index (χ0n) is 7.87. The van der Waals surface area contributed by atoms with Gasteiger partial charge in [-0.1, -0.05) is 0 Å². The van der Waals surface area contributed by atoms with Crippen molar-refractivity contribution in [2.24, 2.45) is 0 Å². The first-order valence-electron chi connectivity index (χ1n) is 4.23. The summed E-state index contributed by atoms with van der Waals surface area (Å²) in [5, 5.41) is 20.8. The Hall–Kier alpha value is -1.20. The van der Waals surface area contributed by atoms with Gasteiger partial charge >= 0.3 is 0 Å². The molecule has 1 aromatic heterocycles. The topological polar surface area (TPSA) is 65.4 Å². The van der Waals surface area contributed by atoms with Gasteiger partial charge in [0.1, 0.15) is 5.60 Å². The molecule has 0 radical (unpaired) electrons. The largest absolute Gasteiger partial charge is 0.393 e. The van der Waals surface area contributed by atoms with Gasteiger partial charge in [-0.2, -0.15) is 0 Å². The van der Waals surface area contributed by atoms with Crippen molar-refractivity contribution in [2.75, 3.05) is 18.5 Å². The molecule has 0 saturated heterocycles. The number of nitrogens with one attached hydrogen (secondary N) is 1. The number of aliphatic hydroxyl groups is 2. The van der Waals surface area contributed by atoms with Crippen molar-refractivity contribution in [3.63, 3.8) is 0 Å². The number of hydrogen-bond donors (Lipinski definition) is 3. The molecule has 1 unspecified atom stereocenters. The number of pyridine rings is 1. The summed E-state index contributed by atoms with van der Waals surface area (Å²) in [6, 6.07) is 2.74. The lowest BCUT2D eigenvalue weighted by Crippen LogP contribution is -2.37. The van der Waals surface area contributed by atoms with Crippen molar-refractivity contribution >= 4 is 5.82 Å². The van der Waals surface area contributed by atoms with Crippen molar-refractivity contribution in [1.29, 1.82) is 0 Å². The fraction of sp³-hybridized carbons (Fsp3) is 0.444. The molecule has 1 heterocycles. The maximum atomic E-state index is 13.0. The smallest absolute Gasteiger partial charge is 0.165 e. The number of rotatable bonds is 4. The number of aliphatic hydroxyl groups excluding tert-OH is 1. The van der Waals surface area contributed by atoms with E-state index < -0.39 is 18.0 Å². The number of anilines is 1. The Morgan fingerprint density at radius 3 is 2.93 bits per heavy atom. The minimum atomic E-state index is -1.27. The molecule has 14 heavy (non-hydrogen) atoms. The van der Waals surface area contributed by atoms with Crippen LogP contribution in [0, 0.1) is 5.82 Å². The average molecular weight is 200 g/mol. The van der Waals surface area contributed by atoms with E-state index in [1.165, 1.54) is 25.3 Å². The van der Waals surface area contributed by atoms with Crippen LogP contribution in [0.25, 0.3) is 0 Å². The van der Waals surface area contributed by atoms with Gasteiger partial charge in [0, 0.05) is 12.7 Å². The lowest BCUT2D eigenvalue weighted by atomic mass is 10.1. The zero-order valence-corrected chi connectivity index (χ0v) is 7.87. The van der Waals surface area contributed by atoms with Crippen molar-refractivity contribution in [1.82, 2.24) is 4.98 Å². The second-order valence-corrected chi connectivity index (χ2v) is 3.34. The minimum absolute atomic E-state index is 0.0391. The Balaban J connectivity index is 2.58. The second kappa shape index (κ2) is 4.34. The third kappa shape index (κ3) is 2.93. The number of halogens is 1. The second-order valence-electron chi connectivity index (χ2n) is 3.34. The molecule has 0 aliphatic carbocycles. The predicted molar refractivity (Wildman–Crippen MR) is 50.4 cm³/mol. The number of hydrogen-bond acceptors (Lipinski definition) is 4. The number of aromatic nitrogens is 1. The predicted octanol–water partition coefficient (Wildman–Crippen LogP) is 0.376. The van der Waals surface area contributed by atoms with Crippen molar-refractivity contribution in [3.05, 3.63) is 24.1 Å². The first-order chi connectivity index (χ1) is 6.55. The van der Waals surface area contributed by atoms with Crippen LogP contribution in [0.15, 0.2) is 18.3 Å². The molecule has 0 amide bonds. The van der Waals surface area contributed by atoms with Crippen LogP contribution in [0.1, 0.15) is 6.92 Å². The summed E-state index contributed by atoms with van der Waals surface area (Å²) < 4.78 is 13.0. The molecular weight excluding hydrogens is 187 g/mol. The molecule has 5 heteroatoms. The molecule has 1 aromatic rings. The highest BCUT2D eigenvalue weighted by Gasteiger charge is 2.19. The normalized spacial score (nSPS) is 14.9. The van der Waals surface area contributed by atoms with Crippen LogP contribution in [-0.2, 0) is 0 Å². The van der Waals surface area contributed by atoms with Crippen LogP contribution in [0.2, 0.25) is 0 Å². The van der Waals surface area contributed by atoms with Gasteiger partial charge < -0.3 is 15.5 Å². The molecule has 0 spiro atoms. The van der Waals surface area contributed by atoms with E-state index in [9.17, 15) is 9.50 Å². The van der Waals surface area contributed by atoms with Gasteiger partial charge in [0.05, 0.1) is 6.61 Å². The highest BCUT2D eigenvalue weighted by atomic mass is 19.1. The first kappa shape index (κ1) is 10.9. The van der Waals surface area contributed by atoms with Crippen LogP contribution in [0.3, 0.4) is 0 Å². The molecule has 1 atom stereocenters. The van der Waals surface area contributed by atoms with Crippen LogP contribution < -0.4 is 5.32 Å². The molecule has 0 bridgehead atoms. The van der Waals surface area contributed by atoms with Gasteiger partial charge in [-0.25, -0.2) is 9.37 Å². The third-order valence-electron chi connectivity index (χ3n) is 1.74. The van der Waals surface area contributed by atoms with Gasteiger partial charge in [-0.3, -0.25) is 0 Å². The quantitative estimate of drug-likeness (QED) is 0.657. The van der Waals surface area contributed by atoms with E-state index in [2.05, 4.69) is 10.3 Å². The van der Waals surface area contributed by atoms with E-state index in [1.807, 2.05) is 0 Å². The fourth-order valence-electron chi connectivity index (χ4n) is 0.846. The maximum Gasteiger partial charge on any atom is 0.165 e. The Morgan fingerprint density at radius 2 is 2.36 bits per heavy atom. The van der Waals surface area contributed by atoms with Crippen molar-refractivity contribution < 1.29 is 14.6 Å². The number of nitrogens with zero attached hydrogens (tertiary/aromatic N) is 1. The summed E-state index contributed by atoms with van der Waals surface area (Å²) >= 11 is 0. The summed E-state index contributed by atoms with van der Waals surface area (Å²) in [5.41, 5.74) is -1.27. The van der Waals surface area contributed by atoms with E-state index in [4.69, 9.17) is 5.11 Å². The Bertz CT molecular complexity index is 305. The van der Waals surface area contributed by atoms with E-state index in [0.717, 1.165) is 0 Å². The maximum absolute atomic E-state index is 13.0. The first-order valence-corrected chi connectivity index (χ1v) is 4.23. The lowest BCUT2D eigenvalue weighted by Gasteiger charge is -2.20. The van der Waals surface area contributed by atoms with Crippen LogP contribution in [-0.4, -0.2) is 33.9 Å². The highest BCUT2D eigenvalue weighted by Crippen LogP contribution is 2.10. The Kier molecular flexibility index (Phi) is 3.38. The Labute approximate surface area is 81.4 Å². The van der Waals surface area contributed by atoms with E-state index in [1.54, 1.807) is 0 Å². The molecule has 4 nitrogen and oxygen atoms in total. The van der Waals surface area contributed by atoms with E-state index in [-0.39, 0.29) is 12.4 Å². The Morgan fingerprint density at radius 1 is 1.64 bits per heavy atom. The van der Waals surface area contributed by atoms with Gasteiger partial charge in [0.2, 0.25) is 0 Å². The molecule has 0 saturated carbocycles. The van der Waals surface area contributed by atoms with E-state index >= 15 is 0 Å². The highest BCUT2D eigenvalue weighted by molar-refractivity contribution is 5.35. The monoisotopic (exact) mass is 200 g/mol. The summed E-state index contributed by atoms with van der Waals surface area (Å²) in [7, 11) is 0. The summed E-state index contributed by atoms with van der Waals surface area (Å²) in [6.07, 6.45) is 1.44. The summed E-state index contributed by atoms with van der Waals surface area (Å²) in [6.45, 7) is 1.09. The third-order valence-corrected chi connectivity index (χ3v) is 1.74. The molecule has 0 aliphatic heterocycles. The molecule has 3 N–H and O–H groups in total. The van der Waals surface area contributed by atoms with Crippen molar-refractivity contribution in [3.8, 4) is 0 Å². The summed E-state index contributed by atoms with van der Waals surface area (Å²) in [4.78, 5) is 3.74. The van der Waals surface area contributed by atoms with Gasteiger partial charge in [0.15, 0.2) is 11.6 Å². The standard InChI is InChI=1S/C9H13FN2O2/c1-9(14,6-13)5-12-8-7(10)3-2-4-11-8/h2-4,13-14H,5-6H2,1H3,(H,11,12). The average Bonchev–Trinajstić information content (AvgIpc) is 2.17. The van der Waals surface area contributed by atoms with Crippen molar-refractivity contribution in [2.45, 2.75) is 12.5 Å². The van der Waals surface area contributed by atoms with Crippen LogP contribution >= 0.6 is 0 Å². The fourth-order valence-corrected chi connectivity index (χ4v) is 0.846. The molecular formula is C9H13FN2O2. The SMILES string of the molecule is CC(O)(CO)CNc1ncccc1F. The molecule has 1 rings (SSSR count). The minimum Gasteiger partial charge on any atom is -0.393 e. The summed E-state index contributed by atoms with van der Waals surface area (Å²) in [5.74, 6) is -0.414. The van der Waals surface area contributed by atoms with Gasteiger partial charge in [0.25, 0.3) is 0 Å². The van der Waals surface area contributed by atoms with Gasteiger partial charge in [-0.05, 0) is 19.1 Å². The zero-order chi connectivity index (χ0) is 10.6. The van der Waals surface area contributed by atoms with E-state index in [0.29, 0.717) is 0 Å². The molecule has 0 fully saturated rings. The van der Waals surface area contributed by atoms with Crippen LogP contribution in [0.4, 0.5) is 10.2 Å². The van der Waals surface area contributed by atoms with Crippen LogP contribution in [0.5, 0.6) is 0 Å². The molecule has 78 valence electrons. The molecule has 0 aliphatic rings. The van der Waals surface area contributed by atoms with Gasteiger partial charge in [-0.15, -0.1) is 0 Å². The lowest BCUT2D eigenvalue weighted by molar-refractivity contribution is 0.0131.